The Morgan fingerprint density at radius 2 is 1.69 bits per heavy atom. The van der Waals surface area contributed by atoms with E-state index in [1.165, 1.54) is 0 Å². The molecule has 2 atom stereocenters. The van der Waals surface area contributed by atoms with Gasteiger partial charge < -0.3 is 10.2 Å². The molecule has 0 radical (unpaired) electrons. The lowest BCUT2D eigenvalue weighted by molar-refractivity contribution is -0.126. The Balaban J connectivity index is 1.33. The summed E-state index contributed by atoms with van der Waals surface area (Å²) in [4.78, 5) is 28.8. The third-order valence-corrected chi connectivity index (χ3v) is 6.74. The molecule has 0 spiro atoms. The number of carbonyl (C=O) groups is 2. The molecule has 2 amide bonds. The first kappa shape index (κ1) is 21.0. The van der Waals surface area contributed by atoms with Crippen LogP contribution in [0.1, 0.15) is 40.5 Å². The zero-order chi connectivity index (χ0) is 23.9. The lowest BCUT2D eigenvalue weighted by Gasteiger charge is -2.31. The number of benzene rings is 4. The molecule has 1 aliphatic heterocycles. The van der Waals surface area contributed by atoms with Crippen LogP contribution in [0.4, 0.5) is 0 Å². The van der Waals surface area contributed by atoms with E-state index in [1.807, 2.05) is 67.6 Å². The number of hydrogen-bond donors (Lipinski definition) is 1. The molecule has 5 aromatic rings. The molecular weight excluding hydrogens is 438 g/mol. The van der Waals surface area contributed by atoms with Crippen molar-refractivity contribution in [1.82, 2.24) is 25.2 Å². The van der Waals surface area contributed by atoms with Gasteiger partial charge in [0.25, 0.3) is 5.91 Å². The van der Waals surface area contributed by atoms with E-state index in [-0.39, 0.29) is 24.5 Å². The maximum absolute atomic E-state index is 13.6. The molecule has 7 nitrogen and oxygen atoms in total. The van der Waals surface area contributed by atoms with E-state index in [0.717, 1.165) is 27.4 Å². The van der Waals surface area contributed by atoms with E-state index < -0.39 is 6.04 Å². The van der Waals surface area contributed by atoms with E-state index >= 15 is 0 Å². The van der Waals surface area contributed by atoms with Crippen molar-refractivity contribution in [3.63, 3.8) is 0 Å². The molecule has 1 N–H and O–H groups in total. The van der Waals surface area contributed by atoms with Gasteiger partial charge in [-0.2, -0.15) is 0 Å². The lowest BCUT2D eigenvalue weighted by atomic mass is 10.00. The summed E-state index contributed by atoms with van der Waals surface area (Å²) in [5, 5.41) is 13.5. The maximum atomic E-state index is 13.6. The standard InChI is InChI=1S/C28H23N5O2/c1-18(20-15-14-19-8-2-3-9-21(19)16-20)33-26(22-10-4-5-11-23(22)28(33)35)27(34)29-17-32-25-13-7-6-12-24(25)30-31-32/h2-16,18,26H,17H2,1H3,(H,29,34). The number of hydrogen-bond acceptors (Lipinski definition) is 4. The van der Waals surface area contributed by atoms with Crippen LogP contribution in [0.25, 0.3) is 21.8 Å². The van der Waals surface area contributed by atoms with Gasteiger partial charge in [-0.15, -0.1) is 5.10 Å². The number of para-hydroxylation sites is 1. The van der Waals surface area contributed by atoms with Gasteiger partial charge in [0, 0.05) is 5.56 Å². The van der Waals surface area contributed by atoms with Crippen molar-refractivity contribution >= 4 is 33.6 Å². The van der Waals surface area contributed by atoms with Crippen LogP contribution in [0, 0.1) is 0 Å². The molecule has 2 heterocycles. The van der Waals surface area contributed by atoms with E-state index in [9.17, 15) is 9.59 Å². The van der Waals surface area contributed by atoms with E-state index in [1.54, 1.807) is 15.6 Å². The zero-order valence-electron chi connectivity index (χ0n) is 19.1. The molecule has 1 aromatic heterocycles. The third-order valence-electron chi connectivity index (χ3n) is 6.74. The molecule has 0 aliphatic carbocycles. The Morgan fingerprint density at radius 3 is 2.57 bits per heavy atom. The first-order valence-electron chi connectivity index (χ1n) is 11.6. The monoisotopic (exact) mass is 461 g/mol. The molecule has 0 fully saturated rings. The normalized spacial score (nSPS) is 16.0. The highest BCUT2D eigenvalue weighted by Crippen LogP contribution is 2.40. The topological polar surface area (TPSA) is 80.1 Å². The molecule has 1 aliphatic rings. The molecule has 0 bridgehead atoms. The Labute approximate surface area is 202 Å². The van der Waals surface area contributed by atoms with Crippen molar-refractivity contribution in [3.8, 4) is 0 Å². The van der Waals surface area contributed by atoms with E-state index in [4.69, 9.17) is 0 Å². The molecule has 0 saturated carbocycles. The zero-order valence-corrected chi connectivity index (χ0v) is 19.1. The van der Waals surface area contributed by atoms with Crippen LogP contribution in [-0.4, -0.2) is 31.7 Å². The molecule has 7 heteroatoms. The number of fused-ring (bicyclic) bond motifs is 3. The summed E-state index contributed by atoms with van der Waals surface area (Å²) in [7, 11) is 0. The Kier molecular flexibility index (Phi) is 5.03. The number of nitrogens with zero attached hydrogens (tertiary/aromatic N) is 4. The highest BCUT2D eigenvalue weighted by molar-refractivity contribution is 6.05. The van der Waals surface area contributed by atoms with Crippen LogP contribution >= 0.6 is 0 Å². The van der Waals surface area contributed by atoms with Gasteiger partial charge in [-0.25, -0.2) is 4.68 Å². The summed E-state index contributed by atoms with van der Waals surface area (Å²) in [5.74, 6) is -0.400. The van der Waals surface area contributed by atoms with Crippen molar-refractivity contribution < 1.29 is 9.59 Å². The van der Waals surface area contributed by atoms with Gasteiger partial charge in [0.15, 0.2) is 0 Å². The van der Waals surface area contributed by atoms with Gasteiger partial charge in [0.05, 0.1) is 11.6 Å². The second kappa shape index (κ2) is 8.36. The largest absolute Gasteiger partial charge is 0.335 e. The number of amides is 2. The highest BCUT2D eigenvalue weighted by Gasteiger charge is 2.43. The minimum Gasteiger partial charge on any atom is -0.335 e. The van der Waals surface area contributed by atoms with E-state index in [2.05, 4.69) is 39.9 Å². The molecular formula is C28H23N5O2. The van der Waals surface area contributed by atoms with Crippen LogP contribution in [0.2, 0.25) is 0 Å². The summed E-state index contributed by atoms with van der Waals surface area (Å²) < 4.78 is 1.65. The van der Waals surface area contributed by atoms with Crippen molar-refractivity contribution in [1.29, 1.82) is 0 Å². The number of carbonyl (C=O) groups excluding carboxylic acids is 2. The fourth-order valence-corrected chi connectivity index (χ4v) is 4.92. The van der Waals surface area contributed by atoms with Crippen LogP contribution in [0.3, 0.4) is 0 Å². The molecule has 0 saturated heterocycles. The van der Waals surface area contributed by atoms with Crippen molar-refractivity contribution in [2.24, 2.45) is 0 Å². The van der Waals surface area contributed by atoms with Gasteiger partial charge in [-0.3, -0.25) is 9.59 Å². The van der Waals surface area contributed by atoms with Crippen LogP contribution in [0.5, 0.6) is 0 Å². The van der Waals surface area contributed by atoms with Gasteiger partial charge >= 0.3 is 0 Å². The second-order valence-corrected chi connectivity index (χ2v) is 8.76. The van der Waals surface area contributed by atoms with Gasteiger partial charge in [0.1, 0.15) is 18.2 Å². The summed E-state index contributed by atoms with van der Waals surface area (Å²) in [6.45, 7) is 2.13. The molecule has 2 unspecified atom stereocenters. The summed E-state index contributed by atoms with van der Waals surface area (Å²) in [6, 6.07) is 28.2. The molecule has 172 valence electrons. The predicted octanol–water partition coefficient (Wildman–Crippen LogP) is 4.62. The average Bonchev–Trinajstić information content (AvgIpc) is 3.45. The van der Waals surface area contributed by atoms with Crippen molar-refractivity contribution in [2.45, 2.75) is 25.7 Å². The lowest BCUT2D eigenvalue weighted by Crippen LogP contribution is -2.41. The number of rotatable bonds is 5. The summed E-state index contributed by atoms with van der Waals surface area (Å²) >= 11 is 0. The number of nitrogens with one attached hydrogen (secondary N) is 1. The Bertz CT molecular complexity index is 1590. The average molecular weight is 462 g/mol. The highest BCUT2D eigenvalue weighted by atomic mass is 16.2. The SMILES string of the molecule is CC(c1ccc2ccccc2c1)N1C(=O)c2ccccc2C1C(=O)NCn1nnc2ccccc21. The van der Waals surface area contributed by atoms with Crippen molar-refractivity contribution in [2.75, 3.05) is 0 Å². The van der Waals surface area contributed by atoms with Crippen LogP contribution in [-0.2, 0) is 11.5 Å². The second-order valence-electron chi connectivity index (χ2n) is 8.76. The fourth-order valence-electron chi connectivity index (χ4n) is 4.92. The molecule has 6 rings (SSSR count). The quantitative estimate of drug-likeness (QED) is 0.414. The minimum atomic E-state index is -0.741. The van der Waals surface area contributed by atoms with Crippen LogP contribution in [0.15, 0.2) is 91.0 Å². The summed E-state index contributed by atoms with van der Waals surface area (Å²) in [5.41, 5.74) is 3.84. The summed E-state index contributed by atoms with van der Waals surface area (Å²) in [6.07, 6.45) is 0. The van der Waals surface area contributed by atoms with Gasteiger partial charge in [0.2, 0.25) is 5.91 Å². The molecule has 35 heavy (non-hydrogen) atoms. The third kappa shape index (κ3) is 3.52. The van der Waals surface area contributed by atoms with Gasteiger partial charge in [-0.1, -0.05) is 71.9 Å². The Hall–Kier alpha value is -4.52. The van der Waals surface area contributed by atoms with Crippen molar-refractivity contribution in [3.05, 3.63) is 108 Å². The first-order chi connectivity index (χ1) is 17.1. The Morgan fingerprint density at radius 1 is 0.943 bits per heavy atom. The van der Waals surface area contributed by atoms with E-state index in [0.29, 0.717) is 11.1 Å². The maximum Gasteiger partial charge on any atom is 0.255 e. The fraction of sp³-hybridized carbons (Fsp3) is 0.143. The van der Waals surface area contributed by atoms with Gasteiger partial charge in [-0.05, 0) is 53.1 Å². The number of aromatic nitrogens is 3. The molecule has 4 aromatic carbocycles. The van der Waals surface area contributed by atoms with Crippen LogP contribution < -0.4 is 5.32 Å². The smallest absolute Gasteiger partial charge is 0.255 e. The minimum absolute atomic E-state index is 0.146. The first-order valence-corrected chi connectivity index (χ1v) is 11.6. The predicted molar refractivity (Wildman–Crippen MR) is 133 cm³/mol.